The van der Waals surface area contributed by atoms with Gasteiger partial charge in [-0.15, -0.1) is 0 Å². The average molecular weight is 411 g/mol. The summed E-state index contributed by atoms with van der Waals surface area (Å²) < 4.78 is 0. The van der Waals surface area contributed by atoms with E-state index in [2.05, 4.69) is 17.1 Å². The Morgan fingerprint density at radius 3 is 2.32 bits per heavy atom. The van der Waals surface area contributed by atoms with Crippen LogP contribution in [0.15, 0.2) is 84.9 Å². The number of nitrogens with zero attached hydrogens (tertiary/aromatic N) is 1. The van der Waals surface area contributed by atoms with E-state index in [4.69, 9.17) is 0 Å². The second kappa shape index (κ2) is 8.05. The Hall–Kier alpha value is -3.37. The molecule has 3 atom stereocenters. The van der Waals surface area contributed by atoms with E-state index in [1.54, 1.807) is 0 Å². The lowest BCUT2D eigenvalue weighted by molar-refractivity contribution is -0.143. The maximum Gasteiger partial charge on any atom is 0.252 e. The summed E-state index contributed by atoms with van der Waals surface area (Å²) in [5.74, 6) is -0.670. The molecular weight excluding hydrogens is 384 g/mol. The summed E-state index contributed by atoms with van der Waals surface area (Å²) in [5, 5.41) is 12.6. The van der Waals surface area contributed by atoms with Crippen molar-refractivity contribution in [2.75, 3.05) is 6.54 Å². The molecule has 1 aliphatic heterocycles. The number of fused-ring (bicyclic) bond motifs is 3. The van der Waals surface area contributed by atoms with Crippen molar-refractivity contribution in [2.24, 2.45) is 0 Å². The minimum absolute atomic E-state index is 0.119. The number of nitrogens with one attached hydrogen (secondary N) is 1. The van der Waals surface area contributed by atoms with Crippen molar-refractivity contribution in [2.45, 2.75) is 31.4 Å². The summed E-state index contributed by atoms with van der Waals surface area (Å²) in [5.41, 5.74) is 5.17. The third-order valence-electron chi connectivity index (χ3n) is 6.52. The van der Waals surface area contributed by atoms with Gasteiger partial charge in [0, 0.05) is 23.1 Å². The predicted octanol–water partition coefficient (Wildman–Crippen LogP) is 4.81. The van der Waals surface area contributed by atoms with Crippen LogP contribution in [0, 0.1) is 0 Å². The SMILES string of the molecule is C[C@@H](c1ccccc1)N1CCc2c([nH]c3ccccc23)[C@@H](c2ccccc2)[C@H](O)C1=O. The first-order chi connectivity index (χ1) is 15.1. The van der Waals surface area contributed by atoms with E-state index in [1.807, 2.05) is 84.6 Å². The highest BCUT2D eigenvalue weighted by atomic mass is 16.3. The molecule has 1 aliphatic rings. The van der Waals surface area contributed by atoms with E-state index >= 15 is 0 Å². The van der Waals surface area contributed by atoms with Crippen LogP contribution >= 0.6 is 0 Å². The number of hydrogen-bond donors (Lipinski definition) is 2. The minimum Gasteiger partial charge on any atom is -0.382 e. The third kappa shape index (κ3) is 3.43. The first-order valence-electron chi connectivity index (χ1n) is 10.8. The maximum atomic E-state index is 13.6. The van der Waals surface area contributed by atoms with Crippen LogP contribution < -0.4 is 0 Å². The highest BCUT2D eigenvalue weighted by molar-refractivity contribution is 5.88. The molecule has 1 aromatic heterocycles. The Morgan fingerprint density at radius 1 is 0.935 bits per heavy atom. The normalized spacial score (nSPS) is 20.2. The molecule has 0 saturated heterocycles. The average Bonchev–Trinajstić information content (AvgIpc) is 3.17. The first-order valence-corrected chi connectivity index (χ1v) is 10.8. The molecule has 0 bridgehead atoms. The molecule has 0 unspecified atom stereocenters. The number of aliphatic hydroxyl groups excluding tert-OH is 1. The maximum absolute atomic E-state index is 13.6. The standard InChI is InChI=1S/C27H26N2O2/c1-18(19-10-4-2-5-11-19)29-17-16-22-21-14-8-9-15-23(21)28-25(22)24(26(30)27(29)31)20-12-6-3-7-13-20/h2-15,18,24,26,28,30H,16-17H2,1H3/t18-,24+,26-/m0/s1. The van der Waals surface area contributed by atoms with Gasteiger partial charge >= 0.3 is 0 Å². The fourth-order valence-corrected chi connectivity index (χ4v) is 4.87. The number of amides is 1. The molecule has 0 saturated carbocycles. The molecule has 0 aliphatic carbocycles. The van der Waals surface area contributed by atoms with Gasteiger partial charge in [0.2, 0.25) is 0 Å². The topological polar surface area (TPSA) is 56.3 Å². The Kier molecular flexibility index (Phi) is 5.08. The highest BCUT2D eigenvalue weighted by Gasteiger charge is 2.38. The van der Waals surface area contributed by atoms with Crippen LogP contribution in [0.2, 0.25) is 0 Å². The molecule has 2 N–H and O–H groups in total. The summed E-state index contributed by atoms with van der Waals surface area (Å²) in [7, 11) is 0. The summed E-state index contributed by atoms with van der Waals surface area (Å²) in [6.45, 7) is 2.59. The largest absolute Gasteiger partial charge is 0.382 e. The smallest absolute Gasteiger partial charge is 0.252 e. The predicted molar refractivity (Wildman–Crippen MR) is 123 cm³/mol. The molecule has 0 fully saturated rings. The molecule has 4 heteroatoms. The number of carbonyl (C=O) groups is 1. The Morgan fingerprint density at radius 2 is 1.58 bits per heavy atom. The second-order valence-corrected chi connectivity index (χ2v) is 8.26. The van der Waals surface area contributed by atoms with E-state index in [0.29, 0.717) is 6.54 Å². The van der Waals surface area contributed by atoms with Crippen LogP contribution in [-0.2, 0) is 11.2 Å². The number of aromatic nitrogens is 1. The van der Waals surface area contributed by atoms with E-state index in [1.165, 1.54) is 5.56 Å². The number of rotatable bonds is 3. The number of H-pyrrole nitrogens is 1. The minimum atomic E-state index is -1.17. The number of aliphatic hydroxyl groups is 1. The molecule has 5 rings (SSSR count). The number of hydrogen-bond acceptors (Lipinski definition) is 2. The van der Waals surface area contributed by atoms with Crippen molar-refractivity contribution in [3.05, 3.63) is 107 Å². The van der Waals surface area contributed by atoms with Crippen LogP contribution in [0.25, 0.3) is 10.9 Å². The summed E-state index contributed by atoms with van der Waals surface area (Å²) >= 11 is 0. The summed E-state index contributed by atoms with van der Waals surface area (Å²) in [6, 6.07) is 28.0. The van der Waals surface area contributed by atoms with Gasteiger partial charge < -0.3 is 15.0 Å². The lowest BCUT2D eigenvalue weighted by Gasteiger charge is -2.36. The number of para-hydroxylation sites is 1. The van der Waals surface area contributed by atoms with Crippen molar-refractivity contribution in [3.8, 4) is 0 Å². The van der Waals surface area contributed by atoms with Crippen LogP contribution in [0.3, 0.4) is 0 Å². The number of carbonyl (C=O) groups excluding carboxylic acids is 1. The molecule has 31 heavy (non-hydrogen) atoms. The Balaban J connectivity index is 1.65. The molecule has 4 nitrogen and oxygen atoms in total. The van der Waals surface area contributed by atoms with E-state index in [0.717, 1.165) is 34.1 Å². The van der Waals surface area contributed by atoms with E-state index in [-0.39, 0.29) is 11.9 Å². The monoisotopic (exact) mass is 410 g/mol. The van der Waals surface area contributed by atoms with E-state index < -0.39 is 12.0 Å². The van der Waals surface area contributed by atoms with Gasteiger partial charge in [-0.3, -0.25) is 4.79 Å². The van der Waals surface area contributed by atoms with Crippen molar-refractivity contribution >= 4 is 16.8 Å². The van der Waals surface area contributed by atoms with Crippen molar-refractivity contribution in [1.82, 2.24) is 9.88 Å². The van der Waals surface area contributed by atoms with E-state index in [9.17, 15) is 9.90 Å². The van der Waals surface area contributed by atoms with Crippen molar-refractivity contribution in [3.63, 3.8) is 0 Å². The fourth-order valence-electron chi connectivity index (χ4n) is 4.87. The molecule has 2 heterocycles. The second-order valence-electron chi connectivity index (χ2n) is 8.26. The molecule has 3 aromatic carbocycles. The zero-order valence-corrected chi connectivity index (χ0v) is 17.5. The van der Waals surface area contributed by atoms with Crippen LogP contribution in [0.1, 0.15) is 41.3 Å². The van der Waals surface area contributed by atoms with Gasteiger partial charge in [0.25, 0.3) is 5.91 Å². The molecule has 4 aromatic rings. The molecular formula is C27H26N2O2. The highest BCUT2D eigenvalue weighted by Crippen LogP contribution is 2.38. The number of benzene rings is 3. The summed E-state index contributed by atoms with van der Waals surface area (Å²) in [4.78, 5) is 18.9. The Labute approximate surface area is 182 Å². The van der Waals surface area contributed by atoms with Crippen LogP contribution in [-0.4, -0.2) is 33.5 Å². The fraction of sp³-hybridized carbons (Fsp3) is 0.222. The van der Waals surface area contributed by atoms with Crippen LogP contribution in [0.4, 0.5) is 0 Å². The van der Waals surface area contributed by atoms with Gasteiger partial charge in [-0.05, 0) is 36.1 Å². The first kappa shape index (κ1) is 19.6. The van der Waals surface area contributed by atoms with Gasteiger partial charge in [-0.2, -0.15) is 0 Å². The van der Waals surface area contributed by atoms with Crippen LogP contribution in [0.5, 0.6) is 0 Å². The third-order valence-corrected chi connectivity index (χ3v) is 6.52. The van der Waals surface area contributed by atoms with Gasteiger partial charge in [-0.25, -0.2) is 0 Å². The van der Waals surface area contributed by atoms with Crippen molar-refractivity contribution < 1.29 is 9.90 Å². The van der Waals surface area contributed by atoms with Gasteiger partial charge in [0.15, 0.2) is 0 Å². The summed E-state index contributed by atoms with van der Waals surface area (Å²) in [6.07, 6.45) is -0.432. The molecule has 1 amide bonds. The zero-order valence-electron chi connectivity index (χ0n) is 17.5. The molecule has 0 radical (unpaired) electrons. The Bertz CT molecular complexity index is 1200. The van der Waals surface area contributed by atoms with Gasteiger partial charge in [0.1, 0.15) is 6.10 Å². The lowest BCUT2D eigenvalue weighted by atomic mass is 9.84. The van der Waals surface area contributed by atoms with Gasteiger partial charge in [0.05, 0.1) is 12.0 Å². The van der Waals surface area contributed by atoms with Crippen molar-refractivity contribution in [1.29, 1.82) is 0 Å². The zero-order chi connectivity index (χ0) is 21.4. The number of aromatic amines is 1. The molecule has 0 spiro atoms. The quantitative estimate of drug-likeness (QED) is 0.509. The lowest BCUT2D eigenvalue weighted by Crippen LogP contribution is -2.46. The molecule has 156 valence electrons. The van der Waals surface area contributed by atoms with Gasteiger partial charge in [-0.1, -0.05) is 78.9 Å².